The molecule has 0 aliphatic rings. The fourth-order valence-corrected chi connectivity index (χ4v) is 2.51. The van der Waals surface area contributed by atoms with Gasteiger partial charge in [0.05, 0.1) is 12.1 Å². The van der Waals surface area contributed by atoms with Crippen molar-refractivity contribution >= 4 is 0 Å². The topological polar surface area (TPSA) is 89.7 Å². The molecule has 0 fully saturated rings. The quantitative estimate of drug-likeness (QED) is 0.575. The molecule has 3 aromatic heterocycles. The molecule has 0 radical (unpaired) electrons. The van der Waals surface area contributed by atoms with Gasteiger partial charge in [-0.25, -0.2) is 0 Å². The third-order valence-corrected chi connectivity index (χ3v) is 3.80. The molecule has 3 heterocycles. The highest BCUT2D eigenvalue weighted by atomic mass is 16.5. The molecule has 0 aliphatic heterocycles. The Kier molecular flexibility index (Phi) is 4.42. The average Bonchev–Trinajstić information content (AvgIpc) is 3.31. The van der Waals surface area contributed by atoms with Crippen molar-refractivity contribution in [3.05, 3.63) is 77.7 Å². The van der Waals surface area contributed by atoms with Gasteiger partial charge in [-0.15, -0.1) is 0 Å². The van der Waals surface area contributed by atoms with E-state index in [2.05, 4.69) is 25.3 Å². The first-order chi connectivity index (χ1) is 12.8. The lowest BCUT2D eigenvalue weighted by Crippen LogP contribution is -1.95. The zero-order valence-electron chi connectivity index (χ0n) is 14.2. The van der Waals surface area contributed by atoms with E-state index in [1.165, 1.54) is 0 Å². The van der Waals surface area contributed by atoms with E-state index in [9.17, 15) is 0 Å². The molecule has 0 unspecified atom stereocenters. The number of nitrogens with one attached hydrogen (secondary N) is 1. The van der Waals surface area contributed by atoms with Crippen LogP contribution in [0.5, 0.6) is 5.75 Å². The summed E-state index contributed by atoms with van der Waals surface area (Å²) in [5.74, 6) is 1.85. The molecule has 26 heavy (non-hydrogen) atoms. The van der Waals surface area contributed by atoms with Crippen LogP contribution in [0.3, 0.4) is 0 Å². The Morgan fingerprint density at radius 3 is 2.77 bits per heavy atom. The highest BCUT2D eigenvalue weighted by Gasteiger charge is 2.11. The van der Waals surface area contributed by atoms with Gasteiger partial charge >= 0.3 is 0 Å². The minimum atomic E-state index is 0.475. The highest BCUT2D eigenvalue weighted by molar-refractivity contribution is 5.55. The Morgan fingerprint density at radius 2 is 2.04 bits per heavy atom. The van der Waals surface area contributed by atoms with E-state index in [-0.39, 0.29) is 0 Å². The molecular weight excluding hydrogens is 330 g/mol. The van der Waals surface area contributed by atoms with E-state index >= 15 is 0 Å². The minimum Gasteiger partial charge on any atom is -0.489 e. The van der Waals surface area contributed by atoms with Gasteiger partial charge in [0.25, 0.3) is 0 Å². The maximum absolute atomic E-state index is 5.75. The van der Waals surface area contributed by atoms with E-state index in [1.54, 1.807) is 12.4 Å². The predicted octanol–water partition coefficient (Wildman–Crippen LogP) is 3.33. The summed E-state index contributed by atoms with van der Waals surface area (Å²) in [5, 5.41) is 11.1. The van der Waals surface area contributed by atoms with Crippen LogP contribution in [0.4, 0.5) is 0 Å². The van der Waals surface area contributed by atoms with E-state index in [0.717, 1.165) is 28.3 Å². The maximum atomic E-state index is 5.75. The van der Waals surface area contributed by atoms with Gasteiger partial charge < -0.3 is 9.26 Å². The van der Waals surface area contributed by atoms with Crippen LogP contribution in [0, 0.1) is 6.92 Å². The Morgan fingerprint density at radius 1 is 1.15 bits per heavy atom. The fraction of sp³-hybridized carbons (Fsp3) is 0.158. The lowest BCUT2D eigenvalue weighted by molar-refractivity contribution is 0.306. The Labute approximate surface area is 150 Å². The number of nitrogens with zero attached hydrogens (tertiary/aromatic N) is 4. The van der Waals surface area contributed by atoms with Crippen LogP contribution < -0.4 is 4.74 Å². The molecule has 0 saturated carbocycles. The second-order valence-corrected chi connectivity index (χ2v) is 5.91. The Balaban J connectivity index is 1.40. The van der Waals surface area contributed by atoms with Gasteiger partial charge in [-0.2, -0.15) is 10.1 Å². The van der Waals surface area contributed by atoms with Gasteiger partial charge in [-0.3, -0.25) is 10.1 Å². The zero-order chi connectivity index (χ0) is 17.8. The summed E-state index contributed by atoms with van der Waals surface area (Å²) in [6, 6.07) is 13.4. The third kappa shape index (κ3) is 3.77. The van der Waals surface area contributed by atoms with Crippen molar-refractivity contribution in [3.8, 4) is 17.1 Å². The SMILES string of the molecule is Cc1cc(Cc2nc(-c3ccc(OCc4cccnc4)cc3)no2)n[nH]1. The minimum absolute atomic E-state index is 0.475. The molecule has 130 valence electrons. The van der Waals surface area contributed by atoms with Gasteiger partial charge in [0.1, 0.15) is 12.4 Å². The molecule has 0 spiro atoms. The zero-order valence-corrected chi connectivity index (χ0v) is 14.2. The summed E-state index contributed by atoms with van der Waals surface area (Å²) < 4.78 is 11.1. The van der Waals surface area contributed by atoms with E-state index in [1.807, 2.05) is 49.4 Å². The number of ether oxygens (including phenoxy) is 1. The van der Waals surface area contributed by atoms with Gasteiger partial charge in [0.15, 0.2) is 0 Å². The third-order valence-electron chi connectivity index (χ3n) is 3.80. The molecule has 4 rings (SSSR count). The molecule has 0 bridgehead atoms. The largest absolute Gasteiger partial charge is 0.489 e. The summed E-state index contributed by atoms with van der Waals surface area (Å²) in [6.45, 7) is 2.43. The van der Waals surface area contributed by atoms with Crippen molar-refractivity contribution in [1.29, 1.82) is 0 Å². The van der Waals surface area contributed by atoms with Crippen LogP contribution in [0.1, 0.15) is 22.8 Å². The van der Waals surface area contributed by atoms with Crippen molar-refractivity contribution in [1.82, 2.24) is 25.3 Å². The number of benzene rings is 1. The first kappa shape index (κ1) is 16.0. The number of pyridine rings is 1. The number of rotatable bonds is 6. The summed E-state index contributed by atoms with van der Waals surface area (Å²) in [6.07, 6.45) is 4.03. The molecule has 4 aromatic rings. The van der Waals surface area contributed by atoms with Gasteiger partial charge in [0, 0.05) is 29.2 Å². The Bertz CT molecular complexity index is 977. The lowest BCUT2D eigenvalue weighted by Gasteiger charge is -2.06. The van der Waals surface area contributed by atoms with E-state index < -0.39 is 0 Å². The van der Waals surface area contributed by atoms with Crippen molar-refractivity contribution < 1.29 is 9.26 Å². The first-order valence-electron chi connectivity index (χ1n) is 8.22. The maximum Gasteiger partial charge on any atom is 0.233 e. The second kappa shape index (κ2) is 7.18. The molecule has 0 atom stereocenters. The number of aromatic amines is 1. The second-order valence-electron chi connectivity index (χ2n) is 5.91. The summed E-state index contributed by atoms with van der Waals surface area (Å²) in [7, 11) is 0. The molecule has 1 N–H and O–H groups in total. The molecule has 1 aromatic carbocycles. The number of H-pyrrole nitrogens is 1. The van der Waals surface area contributed by atoms with Crippen molar-refractivity contribution in [3.63, 3.8) is 0 Å². The average molecular weight is 347 g/mol. The van der Waals surface area contributed by atoms with Gasteiger partial charge in [-0.05, 0) is 43.3 Å². The van der Waals surface area contributed by atoms with Crippen molar-refractivity contribution in [2.75, 3.05) is 0 Å². The first-order valence-corrected chi connectivity index (χ1v) is 8.22. The molecule has 0 saturated heterocycles. The molecule has 0 amide bonds. The van der Waals surface area contributed by atoms with E-state index in [4.69, 9.17) is 9.26 Å². The highest BCUT2D eigenvalue weighted by Crippen LogP contribution is 2.21. The monoisotopic (exact) mass is 347 g/mol. The van der Waals surface area contributed by atoms with Crippen LogP contribution in [-0.4, -0.2) is 25.3 Å². The fourth-order valence-electron chi connectivity index (χ4n) is 2.51. The van der Waals surface area contributed by atoms with Crippen molar-refractivity contribution in [2.24, 2.45) is 0 Å². The van der Waals surface area contributed by atoms with Gasteiger partial charge in [0.2, 0.25) is 11.7 Å². The Hall–Kier alpha value is -3.48. The molecule has 0 aliphatic carbocycles. The van der Waals surface area contributed by atoms with E-state index in [0.29, 0.717) is 24.7 Å². The van der Waals surface area contributed by atoms with Crippen LogP contribution in [0.15, 0.2) is 59.4 Å². The smallest absolute Gasteiger partial charge is 0.233 e. The van der Waals surface area contributed by atoms with Crippen molar-refractivity contribution in [2.45, 2.75) is 20.0 Å². The molecular formula is C19H17N5O2. The summed E-state index contributed by atoms with van der Waals surface area (Å²) in [4.78, 5) is 8.50. The van der Waals surface area contributed by atoms with Crippen LogP contribution >= 0.6 is 0 Å². The number of aromatic nitrogens is 5. The standard InChI is InChI=1S/C19H17N5O2/c1-13-9-16(23-22-13)10-18-21-19(24-26-18)15-4-6-17(7-5-15)25-12-14-3-2-8-20-11-14/h2-9,11H,10,12H2,1H3,(H,22,23). The molecule has 7 nitrogen and oxygen atoms in total. The number of hydrogen-bond acceptors (Lipinski definition) is 6. The number of aryl methyl sites for hydroxylation is 1. The van der Waals surface area contributed by atoms with Crippen LogP contribution in [-0.2, 0) is 13.0 Å². The normalized spacial score (nSPS) is 10.8. The molecule has 7 heteroatoms. The number of hydrogen-bond donors (Lipinski definition) is 1. The van der Waals surface area contributed by atoms with Gasteiger partial charge in [-0.1, -0.05) is 11.2 Å². The summed E-state index contributed by atoms with van der Waals surface area (Å²) >= 11 is 0. The predicted molar refractivity (Wildman–Crippen MR) is 94.4 cm³/mol. The summed E-state index contributed by atoms with van der Waals surface area (Å²) in [5.41, 5.74) is 3.76. The van der Waals surface area contributed by atoms with Crippen LogP contribution in [0.25, 0.3) is 11.4 Å². The lowest BCUT2D eigenvalue weighted by atomic mass is 10.2. The van der Waals surface area contributed by atoms with Crippen LogP contribution in [0.2, 0.25) is 0 Å².